The molecule has 1 N–H and O–H groups in total. The summed E-state index contributed by atoms with van der Waals surface area (Å²) in [5.74, 6) is 0.318. The average Bonchev–Trinajstić information content (AvgIpc) is 2.93. The van der Waals surface area contributed by atoms with Crippen molar-refractivity contribution in [2.24, 2.45) is 7.05 Å². The van der Waals surface area contributed by atoms with E-state index in [4.69, 9.17) is 0 Å². The predicted octanol–water partition coefficient (Wildman–Crippen LogP) is 1.55. The summed E-state index contributed by atoms with van der Waals surface area (Å²) in [6, 6.07) is 0. The normalized spacial score (nSPS) is 10.6. The van der Waals surface area contributed by atoms with Gasteiger partial charge >= 0.3 is 0 Å². The number of nitrogens with one attached hydrogen (secondary N) is 1. The molecule has 2 heterocycles. The molecular formula is C12H16N4OS. The molecule has 0 aliphatic rings. The minimum Gasteiger partial charge on any atom is -0.349 e. The first kappa shape index (κ1) is 12.8. The average molecular weight is 264 g/mol. The van der Waals surface area contributed by atoms with Gasteiger partial charge < -0.3 is 9.88 Å². The molecule has 0 aliphatic carbocycles. The largest absolute Gasteiger partial charge is 0.349 e. The number of aryl methyl sites for hydroxylation is 3. The van der Waals surface area contributed by atoms with Crippen LogP contribution >= 0.6 is 11.3 Å². The van der Waals surface area contributed by atoms with E-state index in [-0.39, 0.29) is 5.91 Å². The first-order valence-electron chi connectivity index (χ1n) is 5.83. The van der Waals surface area contributed by atoms with E-state index in [1.807, 2.05) is 12.3 Å². The fraction of sp³-hybridized carbons (Fsp3) is 0.417. The zero-order chi connectivity index (χ0) is 13.0. The Labute approximate surface area is 110 Å². The molecule has 0 aromatic carbocycles. The van der Waals surface area contributed by atoms with E-state index in [9.17, 15) is 4.79 Å². The van der Waals surface area contributed by atoms with Crippen LogP contribution in [0.2, 0.25) is 0 Å². The maximum Gasteiger partial charge on any atom is 0.287 e. The lowest BCUT2D eigenvalue weighted by Crippen LogP contribution is -2.27. The van der Waals surface area contributed by atoms with Crippen LogP contribution < -0.4 is 5.32 Å². The molecule has 96 valence electrons. The molecule has 0 saturated carbocycles. The van der Waals surface area contributed by atoms with Gasteiger partial charge in [0.05, 0.1) is 5.01 Å². The van der Waals surface area contributed by atoms with Crippen molar-refractivity contribution in [1.82, 2.24) is 19.9 Å². The summed E-state index contributed by atoms with van der Waals surface area (Å²) in [5.41, 5.74) is 1.06. The fourth-order valence-electron chi connectivity index (χ4n) is 1.62. The molecule has 0 radical (unpaired) electrons. The molecule has 2 rings (SSSR count). The van der Waals surface area contributed by atoms with E-state index in [1.54, 1.807) is 35.3 Å². The van der Waals surface area contributed by atoms with Crippen LogP contribution in [0.3, 0.4) is 0 Å². The molecular weight excluding hydrogens is 248 g/mol. The summed E-state index contributed by atoms with van der Waals surface area (Å²) in [4.78, 5) is 20.1. The highest BCUT2D eigenvalue weighted by Gasteiger charge is 2.09. The third-order valence-corrected chi connectivity index (χ3v) is 3.57. The Balaban J connectivity index is 1.73. The molecule has 0 unspecified atom stereocenters. The summed E-state index contributed by atoms with van der Waals surface area (Å²) >= 11 is 1.67. The number of hydrogen-bond acceptors (Lipinski definition) is 4. The second-order valence-electron chi connectivity index (χ2n) is 4.10. The fourth-order valence-corrected chi connectivity index (χ4v) is 2.44. The number of carbonyl (C=O) groups excluding carboxylic acids is 1. The van der Waals surface area contributed by atoms with E-state index < -0.39 is 0 Å². The lowest BCUT2D eigenvalue weighted by molar-refractivity contribution is 0.0940. The number of hydrogen-bond donors (Lipinski definition) is 1. The van der Waals surface area contributed by atoms with Crippen molar-refractivity contribution in [1.29, 1.82) is 0 Å². The molecule has 2 aromatic heterocycles. The number of carbonyl (C=O) groups is 1. The molecule has 5 nitrogen and oxygen atoms in total. The van der Waals surface area contributed by atoms with Crippen molar-refractivity contribution in [3.8, 4) is 0 Å². The Kier molecular flexibility index (Phi) is 4.09. The van der Waals surface area contributed by atoms with Crippen LogP contribution in [0.5, 0.6) is 0 Å². The standard InChI is InChI=1S/C12H16N4OS/c1-9-8-18-10(15-9)4-3-5-14-12(17)11-13-6-7-16(11)2/h6-8H,3-5H2,1-2H3,(H,14,17). The predicted molar refractivity (Wildman–Crippen MR) is 70.7 cm³/mol. The van der Waals surface area contributed by atoms with Gasteiger partial charge in [-0.05, 0) is 13.3 Å². The molecule has 2 aromatic rings. The van der Waals surface area contributed by atoms with Crippen LogP contribution in [0.4, 0.5) is 0 Å². The lowest BCUT2D eigenvalue weighted by atomic mass is 10.3. The third kappa shape index (κ3) is 3.16. The Hall–Kier alpha value is -1.69. The van der Waals surface area contributed by atoms with E-state index >= 15 is 0 Å². The van der Waals surface area contributed by atoms with Gasteiger partial charge in [0, 0.05) is 43.5 Å². The highest BCUT2D eigenvalue weighted by molar-refractivity contribution is 7.09. The molecule has 0 atom stereocenters. The quantitative estimate of drug-likeness (QED) is 0.833. The lowest BCUT2D eigenvalue weighted by Gasteiger charge is -2.04. The molecule has 0 aliphatic heterocycles. The monoisotopic (exact) mass is 264 g/mol. The van der Waals surface area contributed by atoms with Crippen LogP contribution in [0.25, 0.3) is 0 Å². The Bertz CT molecular complexity index is 532. The summed E-state index contributed by atoms with van der Waals surface area (Å²) in [6.07, 6.45) is 5.17. The molecule has 18 heavy (non-hydrogen) atoms. The topological polar surface area (TPSA) is 59.8 Å². The van der Waals surface area contributed by atoms with Crippen LogP contribution in [-0.2, 0) is 13.5 Å². The van der Waals surface area contributed by atoms with Crippen molar-refractivity contribution in [3.05, 3.63) is 34.3 Å². The molecule has 1 amide bonds. The number of thiazole rings is 1. The minimum atomic E-state index is -0.127. The van der Waals surface area contributed by atoms with Crippen molar-refractivity contribution >= 4 is 17.2 Å². The maximum atomic E-state index is 11.7. The van der Waals surface area contributed by atoms with E-state index in [0.29, 0.717) is 12.4 Å². The van der Waals surface area contributed by atoms with Gasteiger partial charge in [-0.2, -0.15) is 0 Å². The van der Waals surface area contributed by atoms with Crippen molar-refractivity contribution in [2.75, 3.05) is 6.54 Å². The molecule has 0 saturated heterocycles. The van der Waals surface area contributed by atoms with Gasteiger partial charge in [0.2, 0.25) is 0 Å². The Morgan fingerprint density at radius 2 is 2.39 bits per heavy atom. The summed E-state index contributed by atoms with van der Waals surface area (Å²) in [7, 11) is 1.81. The minimum absolute atomic E-state index is 0.127. The smallest absolute Gasteiger partial charge is 0.287 e. The third-order valence-electron chi connectivity index (χ3n) is 2.54. The summed E-state index contributed by atoms with van der Waals surface area (Å²) < 4.78 is 1.71. The van der Waals surface area contributed by atoms with Gasteiger partial charge in [0.25, 0.3) is 5.91 Å². The van der Waals surface area contributed by atoms with Crippen LogP contribution in [-0.4, -0.2) is 27.0 Å². The van der Waals surface area contributed by atoms with Crippen molar-refractivity contribution in [3.63, 3.8) is 0 Å². The van der Waals surface area contributed by atoms with Crippen molar-refractivity contribution in [2.45, 2.75) is 19.8 Å². The van der Waals surface area contributed by atoms with Gasteiger partial charge in [-0.25, -0.2) is 9.97 Å². The number of amides is 1. The summed E-state index contributed by atoms with van der Waals surface area (Å²) in [5, 5.41) is 6.02. The van der Waals surface area contributed by atoms with Gasteiger partial charge in [-0.1, -0.05) is 0 Å². The molecule has 0 spiro atoms. The Morgan fingerprint density at radius 3 is 3.00 bits per heavy atom. The van der Waals surface area contributed by atoms with E-state index in [0.717, 1.165) is 23.5 Å². The second kappa shape index (κ2) is 5.77. The zero-order valence-corrected chi connectivity index (χ0v) is 11.3. The van der Waals surface area contributed by atoms with Gasteiger partial charge in [0.15, 0.2) is 5.82 Å². The van der Waals surface area contributed by atoms with E-state index in [2.05, 4.69) is 15.3 Å². The van der Waals surface area contributed by atoms with Crippen LogP contribution in [0, 0.1) is 6.92 Å². The maximum absolute atomic E-state index is 11.7. The highest BCUT2D eigenvalue weighted by atomic mass is 32.1. The molecule has 0 bridgehead atoms. The molecule has 6 heteroatoms. The first-order chi connectivity index (χ1) is 8.66. The zero-order valence-electron chi connectivity index (χ0n) is 10.5. The van der Waals surface area contributed by atoms with E-state index in [1.165, 1.54) is 0 Å². The van der Waals surface area contributed by atoms with Crippen LogP contribution in [0.1, 0.15) is 27.7 Å². The number of rotatable bonds is 5. The van der Waals surface area contributed by atoms with Gasteiger partial charge in [-0.15, -0.1) is 11.3 Å². The van der Waals surface area contributed by atoms with Crippen molar-refractivity contribution < 1.29 is 4.79 Å². The Morgan fingerprint density at radius 1 is 1.56 bits per heavy atom. The first-order valence-corrected chi connectivity index (χ1v) is 6.71. The second-order valence-corrected chi connectivity index (χ2v) is 5.05. The number of nitrogens with zero attached hydrogens (tertiary/aromatic N) is 3. The van der Waals surface area contributed by atoms with Gasteiger partial charge in [-0.3, -0.25) is 4.79 Å². The highest BCUT2D eigenvalue weighted by Crippen LogP contribution is 2.10. The number of aromatic nitrogens is 3. The van der Waals surface area contributed by atoms with Crippen LogP contribution in [0.15, 0.2) is 17.8 Å². The van der Waals surface area contributed by atoms with Gasteiger partial charge in [0.1, 0.15) is 0 Å². The summed E-state index contributed by atoms with van der Waals surface area (Å²) in [6.45, 7) is 2.63. The molecule has 0 fully saturated rings. The SMILES string of the molecule is Cc1csc(CCCNC(=O)c2nccn2C)n1. The number of imidazole rings is 1.